The first-order chi connectivity index (χ1) is 7.53. The molecule has 1 aliphatic heterocycles. The van der Waals surface area contributed by atoms with Gasteiger partial charge in [0.15, 0.2) is 0 Å². The smallest absolute Gasteiger partial charge is 0.0105 e. The lowest BCUT2D eigenvalue weighted by molar-refractivity contribution is 0.0622. The van der Waals surface area contributed by atoms with Crippen LogP contribution in [-0.2, 0) is 0 Å². The highest BCUT2D eigenvalue weighted by Gasteiger charge is 2.39. The number of rotatable bonds is 2. The molecule has 0 radical (unpaired) electrons. The summed E-state index contributed by atoms with van der Waals surface area (Å²) in [6.07, 6.45) is 6.66. The minimum absolute atomic E-state index is 0.380. The summed E-state index contributed by atoms with van der Waals surface area (Å²) in [6.45, 7) is 9.70. The zero-order valence-corrected chi connectivity index (χ0v) is 11.2. The Morgan fingerprint density at radius 1 is 1.25 bits per heavy atom. The van der Waals surface area contributed by atoms with Gasteiger partial charge in [0.25, 0.3) is 0 Å². The van der Waals surface area contributed by atoms with Crippen molar-refractivity contribution in [3.8, 4) is 0 Å². The SMILES string of the molecule is CC1CCCN(CC2(C)CCCC2N)C1C. The van der Waals surface area contributed by atoms with E-state index in [-0.39, 0.29) is 0 Å². The number of piperidine rings is 1. The van der Waals surface area contributed by atoms with Crippen LogP contribution in [0.4, 0.5) is 0 Å². The number of likely N-dealkylation sites (tertiary alicyclic amines) is 1. The molecule has 0 spiro atoms. The van der Waals surface area contributed by atoms with Crippen LogP contribution in [0.3, 0.4) is 0 Å². The second kappa shape index (κ2) is 4.66. The second-order valence-corrected chi connectivity index (χ2v) is 6.48. The Labute approximate surface area is 101 Å². The molecule has 94 valence electrons. The monoisotopic (exact) mass is 224 g/mol. The molecule has 0 aromatic carbocycles. The predicted molar refractivity (Wildman–Crippen MR) is 69.4 cm³/mol. The average molecular weight is 224 g/mol. The number of hydrogen-bond donors (Lipinski definition) is 1. The van der Waals surface area contributed by atoms with E-state index in [9.17, 15) is 0 Å². The average Bonchev–Trinajstić information content (AvgIpc) is 2.55. The molecule has 16 heavy (non-hydrogen) atoms. The highest BCUT2D eigenvalue weighted by atomic mass is 15.2. The first-order valence-corrected chi connectivity index (χ1v) is 7.02. The van der Waals surface area contributed by atoms with E-state index in [2.05, 4.69) is 25.7 Å². The molecule has 1 aliphatic carbocycles. The fraction of sp³-hybridized carbons (Fsp3) is 1.00. The second-order valence-electron chi connectivity index (χ2n) is 6.48. The molecule has 2 fully saturated rings. The third kappa shape index (κ3) is 2.28. The van der Waals surface area contributed by atoms with Crippen LogP contribution in [0.25, 0.3) is 0 Å². The van der Waals surface area contributed by atoms with Gasteiger partial charge in [-0.15, -0.1) is 0 Å². The van der Waals surface area contributed by atoms with Crippen molar-refractivity contribution in [2.75, 3.05) is 13.1 Å². The van der Waals surface area contributed by atoms with Crippen LogP contribution in [0.15, 0.2) is 0 Å². The Kier molecular flexibility index (Phi) is 3.60. The Hall–Kier alpha value is -0.0800. The molecular formula is C14H28N2. The van der Waals surface area contributed by atoms with Gasteiger partial charge in [-0.1, -0.05) is 20.3 Å². The van der Waals surface area contributed by atoms with Gasteiger partial charge < -0.3 is 5.73 Å². The van der Waals surface area contributed by atoms with Crippen LogP contribution in [0.5, 0.6) is 0 Å². The summed E-state index contributed by atoms with van der Waals surface area (Å²) in [4.78, 5) is 2.69. The Morgan fingerprint density at radius 3 is 2.62 bits per heavy atom. The maximum absolute atomic E-state index is 6.28. The quantitative estimate of drug-likeness (QED) is 0.781. The summed E-state index contributed by atoms with van der Waals surface area (Å²) in [6, 6.07) is 1.18. The molecule has 1 heterocycles. The lowest BCUT2D eigenvalue weighted by Crippen LogP contribution is -2.50. The Balaban J connectivity index is 1.98. The number of hydrogen-bond acceptors (Lipinski definition) is 2. The van der Waals surface area contributed by atoms with Crippen LogP contribution in [-0.4, -0.2) is 30.1 Å². The lowest BCUT2D eigenvalue weighted by atomic mass is 9.82. The van der Waals surface area contributed by atoms with Crippen LogP contribution in [0.2, 0.25) is 0 Å². The molecule has 0 amide bonds. The van der Waals surface area contributed by atoms with Crippen LogP contribution < -0.4 is 5.73 Å². The van der Waals surface area contributed by atoms with Crippen molar-refractivity contribution in [3.05, 3.63) is 0 Å². The fourth-order valence-corrected chi connectivity index (χ4v) is 3.56. The van der Waals surface area contributed by atoms with Gasteiger partial charge in [-0.05, 0) is 50.5 Å². The summed E-state index contributed by atoms with van der Waals surface area (Å²) in [7, 11) is 0. The molecule has 2 aliphatic rings. The van der Waals surface area contributed by atoms with Crippen molar-refractivity contribution in [1.29, 1.82) is 0 Å². The van der Waals surface area contributed by atoms with Gasteiger partial charge in [0.1, 0.15) is 0 Å². The van der Waals surface area contributed by atoms with E-state index < -0.39 is 0 Å². The normalized spacial score (nSPS) is 46.1. The molecule has 2 N–H and O–H groups in total. The van der Waals surface area contributed by atoms with Crippen molar-refractivity contribution in [2.45, 2.75) is 65.0 Å². The van der Waals surface area contributed by atoms with Crippen molar-refractivity contribution in [2.24, 2.45) is 17.1 Å². The van der Waals surface area contributed by atoms with E-state index in [1.807, 2.05) is 0 Å². The zero-order chi connectivity index (χ0) is 11.8. The van der Waals surface area contributed by atoms with E-state index in [1.54, 1.807) is 0 Å². The van der Waals surface area contributed by atoms with E-state index in [1.165, 1.54) is 45.2 Å². The molecule has 2 rings (SSSR count). The predicted octanol–water partition coefficient (Wildman–Crippen LogP) is 2.62. The molecule has 2 nitrogen and oxygen atoms in total. The third-order valence-corrected chi connectivity index (χ3v) is 5.23. The summed E-state index contributed by atoms with van der Waals surface area (Å²) in [5.41, 5.74) is 6.66. The minimum atomic E-state index is 0.380. The molecular weight excluding hydrogens is 196 g/mol. The lowest BCUT2D eigenvalue weighted by Gasteiger charge is -2.43. The molecule has 0 bridgehead atoms. The summed E-state index contributed by atoms with van der Waals surface area (Å²) in [5, 5.41) is 0. The third-order valence-electron chi connectivity index (χ3n) is 5.23. The van der Waals surface area contributed by atoms with Gasteiger partial charge >= 0.3 is 0 Å². The van der Waals surface area contributed by atoms with Crippen LogP contribution >= 0.6 is 0 Å². The van der Waals surface area contributed by atoms with Crippen molar-refractivity contribution < 1.29 is 0 Å². The Morgan fingerprint density at radius 2 is 2.00 bits per heavy atom. The van der Waals surface area contributed by atoms with E-state index in [0.717, 1.165) is 12.0 Å². The van der Waals surface area contributed by atoms with Gasteiger partial charge in [0.05, 0.1) is 0 Å². The molecule has 0 aromatic rings. The molecule has 2 heteroatoms. The standard InChI is InChI=1S/C14H28N2/c1-11-6-5-9-16(12(11)2)10-14(3)8-4-7-13(14)15/h11-13H,4-10,15H2,1-3H3. The summed E-state index contributed by atoms with van der Waals surface area (Å²) >= 11 is 0. The maximum atomic E-state index is 6.28. The molecule has 4 unspecified atom stereocenters. The molecule has 4 atom stereocenters. The topological polar surface area (TPSA) is 29.3 Å². The van der Waals surface area contributed by atoms with Crippen molar-refractivity contribution >= 4 is 0 Å². The fourth-order valence-electron chi connectivity index (χ4n) is 3.56. The first kappa shape index (κ1) is 12.4. The van der Waals surface area contributed by atoms with Gasteiger partial charge in [-0.2, -0.15) is 0 Å². The molecule has 0 aromatic heterocycles. The highest BCUT2D eigenvalue weighted by molar-refractivity contribution is 4.95. The Bertz CT molecular complexity index is 241. The van der Waals surface area contributed by atoms with E-state index in [0.29, 0.717) is 11.5 Å². The maximum Gasteiger partial charge on any atom is 0.0105 e. The van der Waals surface area contributed by atoms with Crippen LogP contribution in [0, 0.1) is 11.3 Å². The largest absolute Gasteiger partial charge is 0.327 e. The van der Waals surface area contributed by atoms with Gasteiger partial charge in [0.2, 0.25) is 0 Å². The van der Waals surface area contributed by atoms with Crippen molar-refractivity contribution in [1.82, 2.24) is 4.90 Å². The van der Waals surface area contributed by atoms with Gasteiger partial charge in [-0.25, -0.2) is 0 Å². The van der Waals surface area contributed by atoms with Gasteiger partial charge in [0, 0.05) is 18.6 Å². The minimum Gasteiger partial charge on any atom is -0.327 e. The van der Waals surface area contributed by atoms with Crippen LogP contribution in [0.1, 0.15) is 52.9 Å². The number of nitrogens with two attached hydrogens (primary N) is 1. The van der Waals surface area contributed by atoms with E-state index in [4.69, 9.17) is 5.73 Å². The van der Waals surface area contributed by atoms with Crippen molar-refractivity contribution in [3.63, 3.8) is 0 Å². The van der Waals surface area contributed by atoms with E-state index >= 15 is 0 Å². The molecule has 1 saturated heterocycles. The first-order valence-electron chi connectivity index (χ1n) is 7.02. The van der Waals surface area contributed by atoms with Gasteiger partial charge in [-0.3, -0.25) is 4.90 Å². The molecule has 1 saturated carbocycles. The number of nitrogens with zero attached hydrogens (tertiary/aromatic N) is 1. The summed E-state index contributed by atoms with van der Waals surface area (Å²) in [5.74, 6) is 0.856. The highest BCUT2D eigenvalue weighted by Crippen LogP contribution is 2.39. The zero-order valence-electron chi connectivity index (χ0n) is 11.2. The summed E-state index contributed by atoms with van der Waals surface area (Å²) < 4.78 is 0.